The van der Waals surface area contributed by atoms with Gasteiger partial charge < -0.3 is 5.73 Å². The van der Waals surface area contributed by atoms with E-state index < -0.39 is 35.6 Å². The van der Waals surface area contributed by atoms with Crippen LogP contribution in [0.1, 0.15) is 66.4 Å². The van der Waals surface area contributed by atoms with Crippen LogP contribution in [0.3, 0.4) is 0 Å². The summed E-state index contributed by atoms with van der Waals surface area (Å²) in [5, 5.41) is 10.6. The van der Waals surface area contributed by atoms with Crippen molar-refractivity contribution in [3.63, 3.8) is 0 Å². The van der Waals surface area contributed by atoms with Crippen molar-refractivity contribution in [2.75, 3.05) is 6.54 Å². The van der Waals surface area contributed by atoms with Crippen LogP contribution in [0.4, 0.5) is 0 Å². The highest BCUT2D eigenvalue weighted by Gasteiger charge is 2.35. The molecule has 5 N–H and O–H groups in total. The number of allylic oxidation sites excluding steroid dienone is 1. The first kappa shape index (κ1) is 29.3. The highest BCUT2D eigenvalue weighted by Crippen LogP contribution is 2.26. The molecule has 0 heterocycles. The van der Waals surface area contributed by atoms with Gasteiger partial charge in [-0.05, 0) is 43.1 Å². The fourth-order valence-corrected chi connectivity index (χ4v) is 3.54. The summed E-state index contributed by atoms with van der Waals surface area (Å²) in [7, 11) is 0. The molecule has 8 nitrogen and oxygen atoms in total. The number of hydrogen-bond acceptors (Lipinski definition) is 5. The number of amides is 3. The van der Waals surface area contributed by atoms with Crippen LogP contribution in [-0.4, -0.2) is 40.5 Å². The molecule has 0 fully saturated rings. The van der Waals surface area contributed by atoms with Crippen LogP contribution in [0.15, 0.2) is 36.4 Å². The van der Waals surface area contributed by atoms with E-state index in [2.05, 4.69) is 5.43 Å². The van der Waals surface area contributed by atoms with E-state index >= 15 is 0 Å². The van der Waals surface area contributed by atoms with Crippen molar-refractivity contribution < 1.29 is 19.6 Å². The zero-order valence-electron chi connectivity index (χ0n) is 21.4. The standard InChI is InChI=1S/C26H42N4O4/c1-18(2)17-22(21(24(32)29-34)14-10-13-20-11-8-7-9-12-20)23(31)28-30(25(33)19(3)27)16-15-26(4,5)6/h7-13,18-19,21-22,34H,14-17,27H2,1-6H3,(H,28,31)(H,29,32)/t19-,21+,22-/m1/s1. The maximum atomic E-state index is 13.4. The van der Waals surface area contributed by atoms with Crippen molar-refractivity contribution >= 4 is 23.8 Å². The SMILES string of the molecule is CC(C)C[C@@H](C(=O)NN(CCC(C)(C)C)C(=O)[C@@H](C)N)[C@H](CC=Cc1ccccc1)C(=O)NO. The summed E-state index contributed by atoms with van der Waals surface area (Å²) in [4.78, 5) is 38.7. The summed E-state index contributed by atoms with van der Waals surface area (Å²) in [5.74, 6) is -2.95. The van der Waals surface area contributed by atoms with Gasteiger partial charge in [0.2, 0.25) is 11.8 Å². The monoisotopic (exact) mass is 474 g/mol. The minimum Gasteiger partial charge on any atom is -0.320 e. The highest BCUT2D eigenvalue weighted by atomic mass is 16.5. The van der Waals surface area contributed by atoms with Gasteiger partial charge in [0, 0.05) is 6.54 Å². The van der Waals surface area contributed by atoms with Crippen molar-refractivity contribution in [3.8, 4) is 0 Å². The summed E-state index contributed by atoms with van der Waals surface area (Å²) in [6.07, 6.45) is 5.00. The van der Waals surface area contributed by atoms with E-state index in [1.807, 2.05) is 77.1 Å². The Hall–Kier alpha value is -2.71. The number of carbonyl (C=O) groups is 3. The fraction of sp³-hybridized carbons (Fsp3) is 0.577. The van der Waals surface area contributed by atoms with Crippen LogP contribution in [-0.2, 0) is 14.4 Å². The second kappa shape index (κ2) is 13.9. The number of hydrogen-bond donors (Lipinski definition) is 4. The molecule has 0 aromatic heterocycles. The van der Waals surface area contributed by atoms with Gasteiger partial charge >= 0.3 is 0 Å². The Morgan fingerprint density at radius 3 is 2.18 bits per heavy atom. The minimum atomic E-state index is -0.817. The number of hydroxylamine groups is 1. The molecule has 0 saturated carbocycles. The summed E-state index contributed by atoms with van der Waals surface area (Å²) in [5.41, 5.74) is 11.2. The van der Waals surface area contributed by atoms with E-state index in [9.17, 15) is 19.6 Å². The molecule has 1 rings (SSSR count). The lowest BCUT2D eigenvalue weighted by atomic mass is 9.82. The van der Waals surface area contributed by atoms with Crippen molar-refractivity contribution in [1.82, 2.24) is 15.9 Å². The number of hydrazine groups is 1. The van der Waals surface area contributed by atoms with Gasteiger partial charge in [-0.3, -0.25) is 30.0 Å². The van der Waals surface area contributed by atoms with Crippen LogP contribution < -0.4 is 16.6 Å². The topological polar surface area (TPSA) is 125 Å². The first-order valence-electron chi connectivity index (χ1n) is 11.9. The van der Waals surface area contributed by atoms with E-state index in [0.717, 1.165) is 5.56 Å². The molecule has 0 spiro atoms. The van der Waals surface area contributed by atoms with E-state index in [-0.39, 0.29) is 17.8 Å². The number of carbonyl (C=O) groups excluding carboxylic acids is 3. The summed E-state index contributed by atoms with van der Waals surface area (Å²) >= 11 is 0. The number of nitrogens with two attached hydrogens (primary N) is 1. The van der Waals surface area contributed by atoms with E-state index in [0.29, 0.717) is 19.4 Å². The Morgan fingerprint density at radius 1 is 1.06 bits per heavy atom. The lowest BCUT2D eigenvalue weighted by molar-refractivity contribution is -0.148. The Labute approximate surface area is 203 Å². The molecule has 0 aliphatic rings. The molecular formula is C26H42N4O4. The predicted octanol–water partition coefficient (Wildman–Crippen LogP) is 3.52. The van der Waals surface area contributed by atoms with Crippen molar-refractivity contribution in [2.45, 2.75) is 66.8 Å². The summed E-state index contributed by atoms with van der Waals surface area (Å²) in [6, 6.07) is 8.82. The molecule has 34 heavy (non-hydrogen) atoms. The normalized spacial score (nSPS) is 14.5. The minimum absolute atomic E-state index is 0.0556. The largest absolute Gasteiger partial charge is 0.320 e. The fourth-order valence-electron chi connectivity index (χ4n) is 3.54. The zero-order chi connectivity index (χ0) is 25.9. The van der Waals surface area contributed by atoms with Gasteiger partial charge in [0.1, 0.15) is 0 Å². The molecule has 0 bridgehead atoms. The predicted molar refractivity (Wildman–Crippen MR) is 134 cm³/mol. The smallest absolute Gasteiger partial charge is 0.257 e. The van der Waals surface area contributed by atoms with Crippen molar-refractivity contribution in [2.24, 2.45) is 28.9 Å². The van der Waals surface area contributed by atoms with Gasteiger partial charge in [-0.15, -0.1) is 0 Å². The quantitative estimate of drug-likeness (QED) is 0.288. The molecule has 8 heteroatoms. The summed E-state index contributed by atoms with van der Waals surface area (Å²) in [6.45, 7) is 11.9. The van der Waals surface area contributed by atoms with E-state index in [1.54, 1.807) is 12.4 Å². The molecule has 1 aromatic rings. The van der Waals surface area contributed by atoms with Crippen molar-refractivity contribution in [3.05, 3.63) is 42.0 Å². The Balaban J connectivity index is 3.15. The Bertz CT molecular complexity index is 816. The third-order valence-corrected chi connectivity index (χ3v) is 5.48. The van der Waals surface area contributed by atoms with Gasteiger partial charge in [-0.2, -0.15) is 0 Å². The van der Waals surface area contributed by atoms with Gasteiger partial charge in [0.25, 0.3) is 5.91 Å². The second-order valence-corrected chi connectivity index (χ2v) is 10.4. The lowest BCUT2D eigenvalue weighted by Gasteiger charge is -2.32. The molecule has 0 unspecified atom stereocenters. The lowest BCUT2D eigenvalue weighted by Crippen LogP contribution is -2.55. The molecule has 0 aliphatic heterocycles. The zero-order valence-corrected chi connectivity index (χ0v) is 21.4. The molecule has 0 aliphatic carbocycles. The molecule has 190 valence electrons. The van der Waals surface area contributed by atoms with E-state index in [1.165, 1.54) is 5.01 Å². The van der Waals surface area contributed by atoms with Crippen LogP contribution in [0.5, 0.6) is 0 Å². The van der Waals surface area contributed by atoms with Crippen molar-refractivity contribution in [1.29, 1.82) is 0 Å². The second-order valence-electron chi connectivity index (χ2n) is 10.4. The third-order valence-electron chi connectivity index (χ3n) is 5.48. The molecule has 0 saturated heterocycles. The average molecular weight is 475 g/mol. The molecule has 3 atom stereocenters. The molecule has 0 radical (unpaired) electrons. The Morgan fingerprint density at radius 2 is 1.68 bits per heavy atom. The number of nitrogens with one attached hydrogen (secondary N) is 2. The van der Waals surface area contributed by atoms with Gasteiger partial charge in [-0.25, -0.2) is 5.48 Å². The average Bonchev–Trinajstić information content (AvgIpc) is 2.77. The first-order valence-corrected chi connectivity index (χ1v) is 11.9. The van der Waals surface area contributed by atoms with Crippen LogP contribution in [0.2, 0.25) is 0 Å². The Kier molecular flexibility index (Phi) is 12.0. The molecule has 1 aromatic carbocycles. The van der Waals surface area contributed by atoms with Gasteiger partial charge in [-0.1, -0.05) is 77.1 Å². The van der Waals surface area contributed by atoms with Crippen LogP contribution in [0.25, 0.3) is 6.08 Å². The molecule has 3 amide bonds. The number of rotatable bonds is 11. The first-order chi connectivity index (χ1) is 15.9. The molecular weight excluding hydrogens is 432 g/mol. The number of nitrogens with zero attached hydrogens (tertiary/aromatic N) is 1. The van der Waals surface area contributed by atoms with Gasteiger partial charge in [0.15, 0.2) is 0 Å². The number of benzene rings is 1. The van der Waals surface area contributed by atoms with Gasteiger partial charge in [0.05, 0.1) is 17.9 Å². The van der Waals surface area contributed by atoms with Crippen LogP contribution in [0, 0.1) is 23.2 Å². The van der Waals surface area contributed by atoms with Crippen LogP contribution >= 0.6 is 0 Å². The summed E-state index contributed by atoms with van der Waals surface area (Å²) < 4.78 is 0. The highest BCUT2D eigenvalue weighted by molar-refractivity contribution is 5.89. The maximum Gasteiger partial charge on any atom is 0.257 e. The third kappa shape index (κ3) is 10.5. The van der Waals surface area contributed by atoms with E-state index in [4.69, 9.17) is 5.73 Å². The maximum absolute atomic E-state index is 13.4.